The maximum absolute atomic E-state index is 12.2. The van der Waals surface area contributed by atoms with Gasteiger partial charge in [0.1, 0.15) is 5.60 Å². The van der Waals surface area contributed by atoms with Gasteiger partial charge < -0.3 is 14.2 Å². The number of ether oxygens (including phenoxy) is 3. The summed E-state index contributed by atoms with van der Waals surface area (Å²) in [7, 11) is 2.61. The highest BCUT2D eigenvalue weighted by molar-refractivity contribution is 6.09. The predicted octanol–water partition coefficient (Wildman–Crippen LogP) is 1.30. The fourth-order valence-electron chi connectivity index (χ4n) is 5.63. The maximum atomic E-state index is 12.2. The van der Waals surface area contributed by atoms with Crippen LogP contribution < -0.4 is 0 Å². The van der Waals surface area contributed by atoms with Crippen LogP contribution in [0, 0.1) is 23.7 Å². The largest absolute Gasteiger partial charge is 0.466 e. The van der Waals surface area contributed by atoms with E-state index in [9.17, 15) is 9.59 Å². The second kappa shape index (κ2) is 3.75. The Balaban J connectivity index is 1.75. The summed E-state index contributed by atoms with van der Waals surface area (Å²) in [5, 5.41) is 0. The molecular formula is C15H20O5. The van der Waals surface area contributed by atoms with Gasteiger partial charge in [-0.15, -0.1) is 0 Å². The Morgan fingerprint density at radius 3 is 1.75 bits per heavy atom. The van der Waals surface area contributed by atoms with Gasteiger partial charge in [0.05, 0.1) is 14.2 Å². The third-order valence-electron chi connectivity index (χ3n) is 6.13. The van der Waals surface area contributed by atoms with Crippen LogP contribution >= 0.6 is 0 Å². The molecule has 110 valence electrons. The van der Waals surface area contributed by atoms with E-state index in [0.717, 1.165) is 37.5 Å². The molecular weight excluding hydrogens is 260 g/mol. The maximum Gasteiger partial charge on any atom is 0.353 e. The van der Waals surface area contributed by atoms with Crippen LogP contribution in [-0.4, -0.2) is 37.4 Å². The molecule has 5 heteroatoms. The van der Waals surface area contributed by atoms with Crippen molar-refractivity contribution in [3.8, 4) is 0 Å². The van der Waals surface area contributed by atoms with Crippen molar-refractivity contribution in [1.82, 2.24) is 0 Å². The predicted molar refractivity (Wildman–Crippen MR) is 67.6 cm³/mol. The van der Waals surface area contributed by atoms with Gasteiger partial charge in [-0.05, 0) is 55.8 Å². The number of carbonyl (C=O) groups is 2. The minimum absolute atomic E-state index is 0.303. The zero-order valence-corrected chi connectivity index (χ0v) is 11.9. The Morgan fingerprint density at radius 2 is 1.35 bits per heavy atom. The molecule has 0 atom stereocenters. The van der Waals surface area contributed by atoms with Crippen molar-refractivity contribution in [3.05, 3.63) is 0 Å². The summed E-state index contributed by atoms with van der Waals surface area (Å²) in [6.07, 6.45) is 5.60. The van der Waals surface area contributed by atoms with E-state index in [1.165, 1.54) is 20.6 Å². The van der Waals surface area contributed by atoms with Crippen molar-refractivity contribution in [2.75, 3.05) is 14.2 Å². The van der Waals surface area contributed by atoms with Crippen molar-refractivity contribution < 1.29 is 23.8 Å². The standard InChI is InChI=1S/C15H20O5/c1-18-12(16)15(13(17)19-2)14(20-15)10-4-8-3-9(6-10)7-11(14)5-8/h8-11H,3-7H2,1-2H3. The number of methoxy groups -OCH3 is 2. The minimum Gasteiger partial charge on any atom is -0.466 e. The van der Waals surface area contributed by atoms with Crippen molar-refractivity contribution in [1.29, 1.82) is 0 Å². The van der Waals surface area contributed by atoms with Gasteiger partial charge >= 0.3 is 11.9 Å². The van der Waals surface area contributed by atoms with Crippen LogP contribution in [0.3, 0.4) is 0 Å². The number of esters is 2. The highest BCUT2D eigenvalue weighted by atomic mass is 16.7. The molecule has 0 radical (unpaired) electrons. The third-order valence-corrected chi connectivity index (χ3v) is 6.13. The molecule has 0 amide bonds. The number of hydrogen-bond donors (Lipinski definition) is 0. The minimum atomic E-state index is -1.49. The summed E-state index contributed by atoms with van der Waals surface area (Å²) in [4.78, 5) is 24.5. The molecule has 1 aliphatic heterocycles. The Labute approximate surface area is 117 Å². The second-order valence-corrected chi connectivity index (χ2v) is 6.86. The quantitative estimate of drug-likeness (QED) is 0.433. The fourth-order valence-corrected chi connectivity index (χ4v) is 5.63. The number of rotatable bonds is 2. The van der Waals surface area contributed by atoms with Gasteiger partial charge in [0, 0.05) is 0 Å². The topological polar surface area (TPSA) is 65.1 Å². The Bertz CT molecular complexity index is 439. The van der Waals surface area contributed by atoms with Crippen LogP contribution in [0.1, 0.15) is 32.1 Å². The zero-order valence-electron chi connectivity index (χ0n) is 11.9. The summed E-state index contributed by atoms with van der Waals surface area (Å²) in [5.41, 5.74) is -2.13. The molecule has 5 rings (SSSR count). The van der Waals surface area contributed by atoms with E-state index in [1.54, 1.807) is 0 Å². The Hall–Kier alpha value is -1.10. The molecule has 5 fully saturated rings. The lowest BCUT2D eigenvalue weighted by Gasteiger charge is -2.53. The van der Waals surface area contributed by atoms with E-state index in [-0.39, 0.29) is 0 Å². The van der Waals surface area contributed by atoms with E-state index < -0.39 is 23.1 Å². The third kappa shape index (κ3) is 1.19. The lowest BCUT2D eigenvalue weighted by atomic mass is 9.49. The average Bonchev–Trinajstić information content (AvgIpc) is 3.15. The molecule has 0 aromatic rings. The van der Waals surface area contributed by atoms with Gasteiger partial charge in [-0.3, -0.25) is 0 Å². The second-order valence-electron chi connectivity index (χ2n) is 6.86. The molecule has 1 saturated heterocycles. The van der Waals surface area contributed by atoms with Crippen molar-refractivity contribution in [2.45, 2.75) is 43.3 Å². The SMILES string of the molecule is COC(=O)C1(C(=O)OC)OC12C1CC3CC(C1)CC2C3. The monoisotopic (exact) mass is 280 g/mol. The molecule has 0 aromatic carbocycles. The van der Waals surface area contributed by atoms with Crippen LogP contribution in [-0.2, 0) is 23.8 Å². The molecule has 5 aliphatic rings. The Morgan fingerprint density at radius 1 is 0.900 bits per heavy atom. The molecule has 0 unspecified atom stereocenters. The van der Waals surface area contributed by atoms with Crippen LogP contribution in [0.25, 0.3) is 0 Å². The highest BCUT2D eigenvalue weighted by Gasteiger charge is 2.87. The van der Waals surface area contributed by atoms with E-state index in [4.69, 9.17) is 14.2 Å². The molecule has 4 saturated carbocycles. The summed E-state index contributed by atoms with van der Waals surface area (Å²) in [6, 6.07) is 0. The van der Waals surface area contributed by atoms with Gasteiger partial charge in [-0.1, -0.05) is 0 Å². The first-order valence-electron chi connectivity index (χ1n) is 7.45. The average molecular weight is 280 g/mol. The normalized spacial score (nSPS) is 46.3. The van der Waals surface area contributed by atoms with Gasteiger partial charge in [-0.25, -0.2) is 9.59 Å². The molecule has 1 heterocycles. The van der Waals surface area contributed by atoms with Crippen LogP contribution in [0.15, 0.2) is 0 Å². The van der Waals surface area contributed by atoms with Crippen molar-refractivity contribution in [3.63, 3.8) is 0 Å². The lowest BCUT2D eigenvalue weighted by Crippen LogP contribution is -2.57. The summed E-state index contributed by atoms with van der Waals surface area (Å²) < 4.78 is 15.7. The summed E-state index contributed by atoms with van der Waals surface area (Å²) in [5.74, 6) is 0.934. The fraction of sp³-hybridized carbons (Fsp3) is 0.867. The van der Waals surface area contributed by atoms with Gasteiger partial charge in [0.2, 0.25) is 0 Å². The summed E-state index contributed by atoms with van der Waals surface area (Å²) in [6.45, 7) is 0. The highest BCUT2D eigenvalue weighted by Crippen LogP contribution is 2.71. The van der Waals surface area contributed by atoms with Gasteiger partial charge in [-0.2, -0.15) is 0 Å². The van der Waals surface area contributed by atoms with E-state index >= 15 is 0 Å². The molecule has 1 spiro atoms. The van der Waals surface area contributed by atoms with E-state index in [1.807, 2.05) is 0 Å². The first-order valence-corrected chi connectivity index (χ1v) is 7.45. The van der Waals surface area contributed by atoms with Crippen molar-refractivity contribution in [2.24, 2.45) is 23.7 Å². The van der Waals surface area contributed by atoms with Crippen molar-refractivity contribution >= 4 is 11.9 Å². The molecule has 4 bridgehead atoms. The smallest absolute Gasteiger partial charge is 0.353 e. The first-order chi connectivity index (χ1) is 9.58. The zero-order chi connectivity index (χ0) is 14.1. The van der Waals surface area contributed by atoms with Crippen LogP contribution in [0.5, 0.6) is 0 Å². The van der Waals surface area contributed by atoms with Crippen LogP contribution in [0.4, 0.5) is 0 Å². The lowest BCUT2D eigenvalue weighted by molar-refractivity contribution is -0.161. The van der Waals surface area contributed by atoms with E-state index in [0.29, 0.717) is 11.8 Å². The number of hydrogen-bond acceptors (Lipinski definition) is 5. The first kappa shape index (κ1) is 12.6. The molecule has 0 N–H and O–H groups in total. The Kier molecular flexibility index (Phi) is 2.37. The molecule has 5 nitrogen and oxygen atoms in total. The number of epoxide rings is 1. The molecule has 0 aromatic heterocycles. The molecule has 4 aliphatic carbocycles. The van der Waals surface area contributed by atoms with Gasteiger partial charge in [0.25, 0.3) is 5.60 Å². The summed E-state index contributed by atoms with van der Waals surface area (Å²) >= 11 is 0. The molecule has 20 heavy (non-hydrogen) atoms. The van der Waals surface area contributed by atoms with E-state index in [2.05, 4.69) is 0 Å². The number of carbonyl (C=O) groups excluding carboxylic acids is 2. The van der Waals surface area contributed by atoms with Crippen LogP contribution in [0.2, 0.25) is 0 Å². The van der Waals surface area contributed by atoms with Gasteiger partial charge in [0.15, 0.2) is 0 Å².